The Morgan fingerprint density at radius 1 is 0.969 bits per heavy atom. The molecule has 1 aromatic heterocycles. The molecule has 32 heavy (non-hydrogen) atoms. The van der Waals surface area contributed by atoms with E-state index >= 15 is 0 Å². The Hall–Kier alpha value is -3.60. The zero-order chi connectivity index (χ0) is 22.6. The van der Waals surface area contributed by atoms with Gasteiger partial charge in [-0.2, -0.15) is 28.1 Å². The Morgan fingerprint density at radius 2 is 1.69 bits per heavy atom. The molecule has 8 nitrogen and oxygen atoms in total. The minimum atomic E-state index is -4.46. The molecule has 1 aliphatic heterocycles. The monoisotopic (exact) mass is 447 g/mol. The van der Waals surface area contributed by atoms with Crippen molar-refractivity contribution in [3.05, 3.63) is 54.1 Å². The molecule has 1 aliphatic rings. The number of hydrogen-bond donors (Lipinski definition) is 1. The molecule has 11 heteroatoms. The predicted molar refractivity (Wildman–Crippen MR) is 111 cm³/mol. The van der Waals surface area contributed by atoms with E-state index in [1.54, 1.807) is 31.4 Å². The van der Waals surface area contributed by atoms with Gasteiger partial charge in [0.1, 0.15) is 11.5 Å². The van der Waals surface area contributed by atoms with Crippen molar-refractivity contribution < 1.29 is 27.4 Å². The lowest BCUT2D eigenvalue weighted by Crippen LogP contribution is -2.37. The van der Waals surface area contributed by atoms with Crippen molar-refractivity contribution in [2.75, 3.05) is 43.6 Å². The Bertz CT molecular complexity index is 1060. The van der Waals surface area contributed by atoms with E-state index < -0.39 is 11.7 Å². The molecule has 2 heterocycles. The predicted octanol–water partition coefficient (Wildman–Crippen LogP) is 4.27. The molecule has 0 amide bonds. The summed E-state index contributed by atoms with van der Waals surface area (Å²) in [6.07, 6.45) is -4.46. The number of halogens is 3. The third kappa shape index (κ3) is 5.35. The van der Waals surface area contributed by atoms with Gasteiger partial charge in [0.05, 0.1) is 25.9 Å². The third-order valence-electron chi connectivity index (χ3n) is 4.61. The molecule has 0 aliphatic carbocycles. The number of ether oxygens (including phenoxy) is 3. The maximum atomic E-state index is 13.1. The van der Waals surface area contributed by atoms with Crippen LogP contribution in [0.1, 0.15) is 5.56 Å². The van der Waals surface area contributed by atoms with Crippen molar-refractivity contribution in [1.82, 2.24) is 15.0 Å². The molecule has 4 rings (SSSR count). The van der Waals surface area contributed by atoms with Crippen molar-refractivity contribution in [1.29, 1.82) is 0 Å². The highest BCUT2D eigenvalue weighted by molar-refractivity contribution is 5.56. The van der Waals surface area contributed by atoms with Gasteiger partial charge in [-0.25, -0.2) is 0 Å². The smallest absolute Gasteiger partial charge is 0.416 e. The van der Waals surface area contributed by atoms with Crippen LogP contribution in [0.2, 0.25) is 0 Å². The van der Waals surface area contributed by atoms with Gasteiger partial charge in [0.25, 0.3) is 0 Å². The Morgan fingerprint density at radius 3 is 2.38 bits per heavy atom. The van der Waals surface area contributed by atoms with Crippen molar-refractivity contribution in [2.45, 2.75) is 6.18 Å². The largest absolute Gasteiger partial charge is 0.497 e. The van der Waals surface area contributed by atoms with Crippen LogP contribution in [-0.2, 0) is 10.9 Å². The number of nitrogens with zero attached hydrogens (tertiary/aromatic N) is 4. The topological polar surface area (TPSA) is 81.6 Å². The van der Waals surface area contributed by atoms with Gasteiger partial charge in [-0.3, -0.25) is 0 Å². The molecule has 1 saturated heterocycles. The van der Waals surface area contributed by atoms with Gasteiger partial charge >= 0.3 is 12.2 Å². The molecule has 0 atom stereocenters. The van der Waals surface area contributed by atoms with E-state index in [1.807, 2.05) is 4.90 Å². The molecular formula is C21H20F3N5O3. The second-order valence-corrected chi connectivity index (χ2v) is 6.82. The van der Waals surface area contributed by atoms with E-state index in [0.717, 1.165) is 12.1 Å². The number of rotatable bonds is 6. The fraction of sp³-hybridized carbons (Fsp3) is 0.286. The van der Waals surface area contributed by atoms with E-state index in [9.17, 15) is 13.2 Å². The number of aromatic nitrogens is 3. The number of anilines is 3. The molecular weight excluding hydrogens is 427 g/mol. The van der Waals surface area contributed by atoms with Gasteiger partial charge < -0.3 is 24.4 Å². The van der Waals surface area contributed by atoms with Crippen LogP contribution in [0.15, 0.2) is 48.5 Å². The molecule has 1 N–H and O–H groups in total. The lowest BCUT2D eigenvalue weighted by atomic mass is 10.2. The van der Waals surface area contributed by atoms with E-state index in [4.69, 9.17) is 14.2 Å². The standard InChI is InChI=1S/C21H20F3N5O3/c1-30-16-5-7-17(8-6-16)32-20-27-18(26-19(28-20)29-9-11-31-12-10-29)25-15-4-2-3-14(13-15)21(22,23)24/h2-8,13H,9-12H2,1H3,(H,25,26,27,28). The summed E-state index contributed by atoms with van der Waals surface area (Å²) in [5, 5.41) is 2.82. The van der Waals surface area contributed by atoms with Crippen LogP contribution in [0, 0.1) is 0 Å². The normalized spacial score (nSPS) is 14.2. The molecule has 0 bridgehead atoms. The summed E-state index contributed by atoms with van der Waals surface area (Å²) >= 11 is 0. The lowest BCUT2D eigenvalue weighted by molar-refractivity contribution is -0.137. The molecule has 168 valence electrons. The van der Waals surface area contributed by atoms with E-state index in [0.29, 0.717) is 43.8 Å². The van der Waals surface area contributed by atoms with Gasteiger partial charge in [-0.15, -0.1) is 0 Å². The summed E-state index contributed by atoms with van der Waals surface area (Å²) in [6, 6.07) is 11.6. The highest BCUT2D eigenvalue weighted by Crippen LogP contribution is 2.31. The molecule has 0 unspecified atom stereocenters. The molecule has 2 aromatic carbocycles. The average molecular weight is 447 g/mol. The number of benzene rings is 2. The molecule has 0 spiro atoms. The minimum absolute atomic E-state index is 0.00105. The fourth-order valence-corrected chi connectivity index (χ4v) is 3.00. The number of nitrogens with one attached hydrogen (secondary N) is 1. The number of alkyl halides is 3. The highest BCUT2D eigenvalue weighted by Gasteiger charge is 2.30. The van der Waals surface area contributed by atoms with E-state index in [-0.39, 0.29) is 17.6 Å². The SMILES string of the molecule is COc1ccc(Oc2nc(Nc3cccc(C(F)(F)F)c3)nc(N3CCOCC3)n2)cc1. The van der Waals surface area contributed by atoms with E-state index in [1.165, 1.54) is 12.1 Å². The number of morpholine rings is 1. The fourth-order valence-electron chi connectivity index (χ4n) is 3.00. The first kappa shape index (κ1) is 21.6. The van der Waals surface area contributed by atoms with Crippen molar-refractivity contribution in [2.24, 2.45) is 0 Å². The summed E-state index contributed by atoms with van der Waals surface area (Å²) in [5.74, 6) is 1.52. The first-order valence-electron chi connectivity index (χ1n) is 9.76. The van der Waals surface area contributed by atoms with Crippen LogP contribution in [0.25, 0.3) is 0 Å². The zero-order valence-corrected chi connectivity index (χ0v) is 17.1. The minimum Gasteiger partial charge on any atom is -0.497 e. The molecule has 0 saturated carbocycles. The summed E-state index contributed by atoms with van der Waals surface area (Å²) < 4.78 is 55.4. The molecule has 3 aromatic rings. The Balaban J connectivity index is 1.63. The van der Waals surface area contributed by atoms with Crippen molar-refractivity contribution in [3.8, 4) is 17.5 Å². The maximum absolute atomic E-state index is 13.1. The Labute approximate surface area is 182 Å². The number of methoxy groups -OCH3 is 1. The first-order valence-corrected chi connectivity index (χ1v) is 9.76. The number of hydrogen-bond acceptors (Lipinski definition) is 8. The first-order chi connectivity index (χ1) is 15.4. The van der Waals surface area contributed by atoms with E-state index in [2.05, 4.69) is 20.3 Å². The third-order valence-corrected chi connectivity index (χ3v) is 4.61. The van der Waals surface area contributed by atoms with Crippen molar-refractivity contribution >= 4 is 17.6 Å². The zero-order valence-electron chi connectivity index (χ0n) is 17.1. The maximum Gasteiger partial charge on any atom is 0.416 e. The lowest BCUT2D eigenvalue weighted by Gasteiger charge is -2.27. The second kappa shape index (κ2) is 9.27. The quantitative estimate of drug-likeness (QED) is 0.600. The van der Waals surface area contributed by atoms with Gasteiger partial charge in [0.2, 0.25) is 11.9 Å². The van der Waals surface area contributed by atoms with Crippen LogP contribution in [-0.4, -0.2) is 48.4 Å². The van der Waals surface area contributed by atoms with Crippen LogP contribution in [0.3, 0.4) is 0 Å². The van der Waals surface area contributed by atoms with Gasteiger partial charge in [0, 0.05) is 18.8 Å². The Kier molecular flexibility index (Phi) is 6.26. The van der Waals surface area contributed by atoms with Crippen LogP contribution in [0.5, 0.6) is 17.5 Å². The highest BCUT2D eigenvalue weighted by atomic mass is 19.4. The second-order valence-electron chi connectivity index (χ2n) is 6.82. The summed E-state index contributed by atoms with van der Waals surface area (Å²) in [4.78, 5) is 14.9. The van der Waals surface area contributed by atoms with Crippen LogP contribution < -0.4 is 19.7 Å². The van der Waals surface area contributed by atoms with Gasteiger partial charge in [-0.05, 0) is 42.5 Å². The van der Waals surface area contributed by atoms with Crippen LogP contribution in [0.4, 0.5) is 30.8 Å². The average Bonchev–Trinajstić information content (AvgIpc) is 2.80. The van der Waals surface area contributed by atoms with Crippen LogP contribution >= 0.6 is 0 Å². The van der Waals surface area contributed by atoms with Crippen molar-refractivity contribution in [3.63, 3.8) is 0 Å². The van der Waals surface area contributed by atoms with Gasteiger partial charge in [-0.1, -0.05) is 6.07 Å². The summed E-state index contributed by atoms with van der Waals surface area (Å²) in [7, 11) is 1.56. The summed E-state index contributed by atoms with van der Waals surface area (Å²) in [6.45, 7) is 2.15. The summed E-state index contributed by atoms with van der Waals surface area (Å²) in [5.41, 5.74) is -0.589. The molecule has 0 radical (unpaired) electrons. The van der Waals surface area contributed by atoms with Gasteiger partial charge in [0.15, 0.2) is 0 Å². The molecule has 1 fully saturated rings.